The second-order valence-electron chi connectivity index (χ2n) is 4.33. The van der Waals surface area contributed by atoms with Crippen LogP contribution in [0.4, 0.5) is 0 Å². The van der Waals surface area contributed by atoms with Crippen molar-refractivity contribution in [1.29, 1.82) is 0 Å². The molecule has 1 atom stereocenters. The van der Waals surface area contributed by atoms with Crippen LogP contribution in [0.15, 0.2) is 42.5 Å². The van der Waals surface area contributed by atoms with Gasteiger partial charge in [0.1, 0.15) is 0 Å². The van der Waals surface area contributed by atoms with Gasteiger partial charge in [0.05, 0.1) is 18.7 Å². The molecular formula is C15H13NO2. The summed E-state index contributed by atoms with van der Waals surface area (Å²) in [5, 5.41) is 0. The van der Waals surface area contributed by atoms with E-state index in [1.54, 1.807) is 6.07 Å². The van der Waals surface area contributed by atoms with Gasteiger partial charge < -0.3 is 10.5 Å². The Labute approximate surface area is 105 Å². The first kappa shape index (κ1) is 11.0. The SMILES string of the molecule is COC(=O)c1cccc2c1-c1ccccc1C2N. The lowest BCUT2D eigenvalue weighted by atomic mass is 9.99. The Morgan fingerprint density at radius 3 is 2.61 bits per heavy atom. The highest BCUT2D eigenvalue weighted by Crippen LogP contribution is 2.43. The Balaban J connectivity index is 2.31. The average molecular weight is 239 g/mol. The molecule has 1 aliphatic carbocycles. The normalized spacial score (nSPS) is 16.0. The molecule has 1 aliphatic rings. The smallest absolute Gasteiger partial charge is 0.338 e. The van der Waals surface area contributed by atoms with E-state index in [4.69, 9.17) is 10.5 Å². The van der Waals surface area contributed by atoms with Gasteiger partial charge in [0.25, 0.3) is 0 Å². The number of carbonyl (C=O) groups is 1. The summed E-state index contributed by atoms with van der Waals surface area (Å²) >= 11 is 0. The fourth-order valence-electron chi connectivity index (χ4n) is 2.57. The zero-order valence-electron chi connectivity index (χ0n) is 10.0. The largest absolute Gasteiger partial charge is 0.465 e. The highest BCUT2D eigenvalue weighted by molar-refractivity contribution is 6.00. The zero-order chi connectivity index (χ0) is 12.7. The van der Waals surface area contributed by atoms with Crippen LogP contribution < -0.4 is 5.73 Å². The fourth-order valence-corrected chi connectivity index (χ4v) is 2.57. The highest BCUT2D eigenvalue weighted by atomic mass is 16.5. The maximum absolute atomic E-state index is 11.8. The van der Waals surface area contributed by atoms with Crippen LogP contribution >= 0.6 is 0 Å². The Morgan fingerprint density at radius 1 is 1.11 bits per heavy atom. The van der Waals surface area contributed by atoms with Crippen molar-refractivity contribution in [3.8, 4) is 11.1 Å². The van der Waals surface area contributed by atoms with Crippen LogP contribution in [0.2, 0.25) is 0 Å². The van der Waals surface area contributed by atoms with Crippen LogP contribution in [0.1, 0.15) is 27.5 Å². The summed E-state index contributed by atoms with van der Waals surface area (Å²) < 4.78 is 4.83. The van der Waals surface area contributed by atoms with Gasteiger partial charge in [0.2, 0.25) is 0 Å². The van der Waals surface area contributed by atoms with E-state index in [1.807, 2.05) is 36.4 Å². The Kier molecular flexibility index (Phi) is 2.42. The van der Waals surface area contributed by atoms with Gasteiger partial charge in [0.15, 0.2) is 0 Å². The molecule has 2 aromatic rings. The second kappa shape index (κ2) is 3.96. The Morgan fingerprint density at radius 2 is 1.83 bits per heavy atom. The van der Waals surface area contributed by atoms with E-state index in [0.29, 0.717) is 5.56 Å². The van der Waals surface area contributed by atoms with Gasteiger partial charge in [-0.1, -0.05) is 36.4 Å². The first-order chi connectivity index (χ1) is 8.74. The molecule has 0 spiro atoms. The molecule has 3 nitrogen and oxygen atoms in total. The number of ether oxygens (including phenoxy) is 1. The molecule has 0 saturated heterocycles. The number of esters is 1. The molecule has 90 valence electrons. The number of fused-ring (bicyclic) bond motifs is 3. The minimum atomic E-state index is -0.323. The molecule has 0 amide bonds. The molecule has 0 fully saturated rings. The Bertz CT molecular complexity index is 634. The number of hydrogen-bond acceptors (Lipinski definition) is 3. The van der Waals surface area contributed by atoms with Crippen molar-refractivity contribution in [2.75, 3.05) is 7.11 Å². The van der Waals surface area contributed by atoms with Crippen LogP contribution in [0.25, 0.3) is 11.1 Å². The first-order valence-corrected chi connectivity index (χ1v) is 5.80. The monoisotopic (exact) mass is 239 g/mol. The van der Waals surface area contributed by atoms with E-state index < -0.39 is 0 Å². The van der Waals surface area contributed by atoms with Crippen molar-refractivity contribution >= 4 is 5.97 Å². The lowest BCUT2D eigenvalue weighted by Gasteiger charge is -2.08. The van der Waals surface area contributed by atoms with Crippen LogP contribution in [0, 0.1) is 0 Å². The average Bonchev–Trinajstić information content (AvgIpc) is 2.72. The summed E-state index contributed by atoms with van der Waals surface area (Å²) in [5.41, 5.74) is 10.8. The number of hydrogen-bond donors (Lipinski definition) is 1. The number of carbonyl (C=O) groups excluding carboxylic acids is 1. The van der Waals surface area contributed by atoms with Crippen molar-refractivity contribution in [1.82, 2.24) is 0 Å². The van der Waals surface area contributed by atoms with Gasteiger partial charge in [-0.2, -0.15) is 0 Å². The van der Waals surface area contributed by atoms with Gasteiger partial charge in [0, 0.05) is 5.56 Å². The van der Waals surface area contributed by atoms with Crippen LogP contribution in [-0.4, -0.2) is 13.1 Å². The second-order valence-corrected chi connectivity index (χ2v) is 4.33. The van der Waals surface area contributed by atoms with Crippen molar-refractivity contribution in [2.24, 2.45) is 5.73 Å². The van der Waals surface area contributed by atoms with Gasteiger partial charge >= 0.3 is 5.97 Å². The van der Waals surface area contributed by atoms with Crippen molar-refractivity contribution in [3.05, 3.63) is 59.2 Å². The summed E-state index contributed by atoms with van der Waals surface area (Å²) in [6.45, 7) is 0. The zero-order valence-corrected chi connectivity index (χ0v) is 10.0. The number of rotatable bonds is 1. The van der Waals surface area contributed by atoms with Gasteiger partial charge in [-0.25, -0.2) is 4.79 Å². The quantitative estimate of drug-likeness (QED) is 0.778. The summed E-state index contributed by atoms with van der Waals surface area (Å²) in [6.07, 6.45) is 0. The lowest BCUT2D eigenvalue weighted by Crippen LogP contribution is -2.09. The lowest BCUT2D eigenvalue weighted by molar-refractivity contribution is 0.0601. The maximum atomic E-state index is 11.8. The molecule has 3 rings (SSSR count). The third-order valence-electron chi connectivity index (χ3n) is 3.40. The van der Waals surface area contributed by atoms with Gasteiger partial charge in [-0.15, -0.1) is 0 Å². The molecule has 0 bridgehead atoms. The van der Waals surface area contributed by atoms with E-state index in [-0.39, 0.29) is 12.0 Å². The molecule has 0 heterocycles. The first-order valence-electron chi connectivity index (χ1n) is 5.80. The number of nitrogens with two attached hydrogens (primary N) is 1. The fraction of sp³-hybridized carbons (Fsp3) is 0.133. The molecule has 0 aromatic heterocycles. The van der Waals surface area contributed by atoms with E-state index >= 15 is 0 Å². The molecule has 2 N–H and O–H groups in total. The molecule has 0 aliphatic heterocycles. The topological polar surface area (TPSA) is 52.3 Å². The predicted molar refractivity (Wildman–Crippen MR) is 69.2 cm³/mol. The molecule has 0 radical (unpaired) electrons. The molecule has 3 heteroatoms. The molecule has 18 heavy (non-hydrogen) atoms. The highest BCUT2D eigenvalue weighted by Gasteiger charge is 2.29. The third kappa shape index (κ3) is 1.38. The van der Waals surface area contributed by atoms with E-state index in [0.717, 1.165) is 22.3 Å². The summed E-state index contributed by atoms with van der Waals surface area (Å²) in [7, 11) is 1.39. The molecular weight excluding hydrogens is 226 g/mol. The van der Waals surface area contributed by atoms with Crippen molar-refractivity contribution in [2.45, 2.75) is 6.04 Å². The molecule has 0 saturated carbocycles. The van der Waals surface area contributed by atoms with E-state index in [2.05, 4.69) is 0 Å². The standard InChI is InChI=1S/C15H13NO2/c1-18-15(17)12-8-4-7-11-13(12)9-5-2-3-6-10(9)14(11)16/h2-8,14H,16H2,1H3. The van der Waals surface area contributed by atoms with Crippen molar-refractivity contribution in [3.63, 3.8) is 0 Å². The predicted octanol–water partition coefficient (Wildman–Crippen LogP) is 2.50. The van der Waals surface area contributed by atoms with Gasteiger partial charge in [-0.05, 0) is 22.8 Å². The summed E-state index contributed by atoms with van der Waals surface area (Å²) in [5.74, 6) is -0.323. The van der Waals surface area contributed by atoms with Crippen LogP contribution in [-0.2, 0) is 4.74 Å². The third-order valence-corrected chi connectivity index (χ3v) is 3.40. The maximum Gasteiger partial charge on any atom is 0.338 e. The minimum Gasteiger partial charge on any atom is -0.465 e. The van der Waals surface area contributed by atoms with Crippen LogP contribution in [0.3, 0.4) is 0 Å². The Hall–Kier alpha value is -2.13. The number of methoxy groups -OCH3 is 1. The van der Waals surface area contributed by atoms with E-state index in [1.165, 1.54) is 7.11 Å². The summed E-state index contributed by atoms with van der Waals surface area (Å²) in [6, 6.07) is 13.3. The summed E-state index contributed by atoms with van der Waals surface area (Å²) in [4.78, 5) is 11.8. The van der Waals surface area contributed by atoms with E-state index in [9.17, 15) is 4.79 Å². The minimum absolute atomic E-state index is 0.166. The number of benzene rings is 2. The van der Waals surface area contributed by atoms with Crippen LogP contribution in [0.5, 0.6) is 0 Å². The molecule has 2 aromatic carbocycles. The van der Waals surface area contributed by atoms with Crippen molar-refractivity contribution < 1.29 is 9.53 Å². The molecule has 1 unspecified atom stereocenters. The van der Waals surface area contributed by atoms with Gasteiger partial charge in [-0.3, -0.25) is 0 Å².